The SMILES string of the molecule is CC(=O)/C=C/[P+](c1ccccc1)(c1ccccc1)c1ccccc1.[Cl-]. The average Bonchev–Trinajstić information content (AvgIpc) is 2.65. The summed E-state index contributed by atoms with van der Waals surface area (Å²) in [6.45, 7) is 1.60. The minimum absolute atomic E-state index is 0. The first-order chi connectivity index (χ1) is 11.7. The van der Waals surface area contributed by atoms with Crippen molar-refractivity contribution in [1.29, 1.82) is 0 Å². The van der Waals surface area contributed by atoms with Gasteiger partial charge >= 0.3 is 0 Å². The summed E-state index contributed by atoms with van der Waals surface area (Å²) < 4.78 is 0. The van der Waals surface area contributed by atoms with Crippen LogP contribution in [0.3, 0.4) is 0 Å². The molecule has 0 fully saturated rings. The van der Waals surface area contributed by atoms with E-state index in [1.807, 2.05) is 18.2 Å². The molecule has 0 heterocycles. The summed E-state index contributed by atoms with van der Waals surface area (Å²) in [7, 11) is -2.01. The van der Waals surface area contributed by atoms with Gasteiger partial charge < -0.3 is 12.4 Å². The van der Waals surface area contributed by atoms with Crippen LogP contribution in [0.15, 0.2) is 103 Å². The smallest absolute Gasteiger partial charge is 0.155 e. The fourth-order valence-corrected chi connectivity index (χ4v) is 6.68. The first kappa shape index (κ1) is 19.1. The number of halogens is 1. The van der Waals surface area contributed by atoms with Crippen LogP contribution in [0.2, 0.25) is 0 Å². The molecule has 3 heteroatoms. The van der Waals surface area contributed by atoms with Crippen LogP contribution in [0.4, 0.5) is 0 Å². The maximum absolute atomic E-state index is 11.7. The van der Waals surface area contributed by atoms with Gasteiger partial charge in [0.1, 0.15) is 23.2 Å². The Bertz CT molecular complexity index is 733. The molecule has 0 atom stereocenters. The number of allylic oxidation sites excluding steroid dienone is 1. The lowest BCUT2D eigenvalue weighted by Gasteiger charge is -2.23. The van der Waals surface area contributed by atoms with E-state index in [4.69, 9.17) is 0 Å². The second-order valence-corrected chi connectivity index (χ2v) is 8.95. The molecule has 0 unspecified atom stereocenters. The molecule has 1 nitrogen and oxygen atoms in total. The Hall–Kier alpha value is -2.21. The highest BCUT2D eigenvalue weighted by molar-refractivity contribution is 7.98. The molecule has 0 saturated heterocycles. The number of benzene rings is 3. The van der Waals surface area contributed by atoms with E-state index < -0.39 is 7.26 Å². The van der Waals surface area contributed by atoms with E-state index in [9.17, 15) is 4.79 Å². The third-order valence-electron chi connectivity index (χ3n) is 4.02. The van der Waals surface area contributed by atoms with Crippen molar-refractivity contribution in [3.8, 4) is 0 Å². The first-order valence-corrected chi connectivity index (χ1v) is 9.85. The van der Waals surface area contributed by atoms with E-state index in [2.05, 4.69) is 78.6 Å². The molecule has 0 radical (unpaired) electrons. The van der Waals surface area contributed by atoms with Gasteiger partial charge in [-0.2, -0.15) is 0 Å². The van der Waals surface area contributed by atoms with Gasteiger partial charge in [-0.3, -0.25) is 4.79 Å². The average molecular weight is 367 g/mol. The molecule has 3 aromatic carbocycles. The summed E-state index contributed by atoms with van der Waals surface area (Å²) in [6, 6.07) is 31.5. The van der Waals surface area contributed by atoms with Gasteiger partial charge in [0.15, 0.2) is 5.78 Å². The van der Waals surface area contributed by atoms with E-state index >= 15 is 0 Å². The molecule has 0 aliphatic carbocycles. The van der Waals surface area contributed by atoms with Gasteiger partial charge in [-0.15, -0.1) is 0 Å². The molecular weight excluding hydrogens is 347 g/mol. The summed E-state index contributed by atoms with van der Waals surface area (Å²) in [5.41, 5.74) is 0. The second kappa shape index (κ2) is 8.76. The lowest BCUT2D eigenvalue weighted by Crippen LogP contribution is -3.00. The molecule has 0 N–H and O–H groups in total. The summed E-state index contributed by atoms with van der Waals surface area (Å²) in [5.74, 6) is 2.21. The summed E-state index contributed by atoms with van der Waals surface area (Å²) in [5, 5.41) is 3.75. The van der Waals surface area contributed by atoms with Crippen molar-refractivity contribution in [1.82, 2.24) is 0 Å². The van der Waals surface area contributed by atoms with Crippen LogP contribution in [-0.2, 0) is 4.79 Å². The first-order valence-electron chi connectivity index (χ1n) is 7.99. The standard InChI is InChI=1S/C22H20OP.ClH/c1-19(23)17-18-24(20-11-5-2-6-12-20,21-13-7-3-8-14-21)22-15-9-4-10-16-22;/h2-18H,1H3;1H/q+1;/p-1/b18-17+;. The minimum atomic E-state index is -2.01. The van der Waals surface area contributed by atoms with Crippen molar-refractivity contribution >= 4 is 29.0 Å². The van der Waals surface area contributed by atoms with Crippen LogP contribution in [0.25, 0.3) is 0 Å². The third kappa shape index (κ3) is 4.07. The lowest BCUT2D eigenvalue weighted by molar-refractivity contribution is -0.112. The predicted molar refractivity (Wildman–Crippen MR) is 105 cm³/mol. The lowest BCUT2D eigenvalue weighted by atomic mass is 10.4. The molecule has 0 spiro atoms. The molecule has 126 valence electrons. The molecule has 0 aliphatic heterocycles. The van der Waals surface area contributed by atoms with E-state index in [1.165, 1.54) is 15.9 Å². The van der Waals surface area contributed by atoms with E-state index in [-0.39, 0.29) is 18.2 Å². The Morgan fingerprint density at radius 1 is 0.680 bits per heavy atom. The zero-order chi connectivity index (χ0) is 16.8. The van der Waals surface area contributed by atoms with Crippen molar-refractivity contribution in [2.24, 2.45) is 0 Å². The minimum Gasteiger partial charge on any atom is -1.00 e. The van der Waals surface area contributed by atoms with Crippen LogP contribution in [-0.4, -0.2) is 5.78 Å². The van der Waals surface area contributed by atoms with Crippen LogP contribution < -0.4 is 28.3 Å². The van der Waals surface area contributed by atoms with Gasteiger partial charge in [0.2, 0.25) is 0 Å². The van der Waals surface area contributed by atoms with Crippen LogP contribution in [0.5, 0.6) is 0 Å². The Morgan fingerprint density at radius 2 is 1.00 bits per heavy atom. The molecule has 3 aromatic rings. The van der Waals surface area contributed by atoms with Crippen molar-refractivity contribution in [3.05, 3.63) is 103 Å². The number of hydrogen-bond acceptors (Lipinski definition) is 1. The summed E-state index contributed by atoms with van der Waals surface area (Å²) >= 11 is 0. The maximum Gasteiger partial charge on any atom is 0.155 e. The van der Waals surface area contributed by atoms with Crippen molar-refractivity contribution in [3.63, 3.8) is 0 Å². The zero-order valence-electron chi connectivity index (χ0n) is 14.0. The predicted octanol–water partition coefficient (Wildman–Crippen LogP) is 1.09. The molecule has 0 saturated carbocycles. The molecule has 0 aromatic heterocycles. The normalized spacial score (nSPS) is 11.1. The fourth-order valence-electron chi connectivity index (χ4n) is 2.91. The van der Waals surface area contributed by atoms with Crippen molar-refractivity contribution in [2.75, 3.05) is 0 Å². The van der Waals surface area contributed by atoms with Gasteiger partial charge in [-0.1, -0.05) is 54.6 Å². The molecule has 0 bridgehead atoms. The second-order valence-electron chi connectivity index (χ2n) is 5.66. The number of hydrogen-bond donors (Lipinski definition) is 0. The van der Waals surface area contributed by atoms with Gasteiger partial charge in [0, 0.05) is 6.08 Å². The van der Waals surface area contributed by atoms with Crippen LogP contribution in [0, 0.1) is 0 Å². The molecule has 25 heavy (non-hydrogen) atoms. The van der Waals surface area contributed by atoms with E-state index in [0.29, 0.717) is 0 Å². The Morgan fingerprint density at radius 3 is 1.28 bits per heavy atom. The maximum atomic E-state index is 11.7. The zero-order valence-corrected chi connectivity index (χ0v) is 15.7. The molecule has 0 aliphatic rings. The summed E-state index contributed by atoms with van der Waals surface area (Å²) in [6.07, 6.45) is 1.72. The van der Waals surface area contributed by atoms with Gasteiger partial charge in [-0.25, -0.2) is 0 Å². The Balaban J connectivity index is 0.00000225. The number of ketones is 1. The highest BCUT2D eigenvalue weighted by atomic mass is 35.5. The van der Waals surface area contributed by atoms with Gasteiger partial charge in [0.05, 0.1) is 5.82 Å². The molecular formula is C22H20ClOP. The van der Waals surface area contributed by atoms with Crippen molar-refractivity contribution in [2.45, 2.75) is 6.92 Å². The van der Waals surface area contributed by atoms with Crippen LogP contribution in [0.1, 0.15) is 6.92 Å². The van der Waals surface area contributed by atoms with Crippen LogP contribution >= 0.6 is 7.26 Å². The summed E-state index contributed by atoms with van der Waals surface area (Å²) in [4.78, 5) is 11.7. The topological polar surface area (TPSA) is 17.1 Å². The largest absolute Gasteiger partial charge is 1.00 e. The van der Waals surface area contributed by atoms with Gasteiger partial charge in [0.25, 0.3) is 0 Å². The van der Waals surface area contributed by atoms with E-state index in [1.54, 1.807) is 13.0 Å². The molecule has 3 rings (SSSR count). The number of carbonyl (C=O) groups is 1. The van der Waals surface area contributed by atoms with E-state index in [0.717, 1.165) is 0 Å². The highest BCUT2D eigenvalue weighted by Crippen LogP contribution is 2.56. The monoisotopic (exact) mass is 366 g/mol. The van der Waals surface area contributed by atoms with Crippen molar-refractivity contribution < 1.29 is 17.2 Å². The highest BCUT2D eigenvalue weighted by Gasteiger charge is 2.43. The number of rotatable bonds is 5. The third-order valence-corrected chi connectivity index (χ3v) is 7.96. The number of carbonyl (C=O) groups excluding carboxylic acids is 1. The fraction of sp³-hybridized carbons (Fsp3) is 0.0455. The Kier molecular flexibility index (Phi) is 6.70. The molecule has 0 amide bonds. The quantitative estimate of drug-likeness (QED) is 0.488. The Labute approximate surface area is 156 Å². The van der Waals surface area contributed by atoms with Gasteiger partial charge in [-0.05, 0) is 43.3 Å².